The first-order valence-electron chi connectivity index (χ1n) is 9.18. The summed E-state index contributed by atoms with van der Waals surface area (Å²) in [5, 5.41) is 0. The average Bonchev–Trinajstić information content (AvgIpc) is 3.34. The third-order valence-corrected chi connectivity index (χ3v) is 4.98. The molecule has 7 nitrogen and oxygen atoms in total. The van der Waals surface area contributed by atoms with Crippen LogP contribution in [0, 0.1) is 6.92 Å². The van der Waals surface area contributed by atoms with Crippen LogP contribution in [0.15, 0.2) is 41.1 Å². The number of pyridine rings is 1. The molecule has 1 aliphatic heterocycles. The van der Waals surface area contributed by atoms with Gasteiger partial charge in [-0.05, 0) is 43.2 Å². The number of nitrogens with zero attached hydrogens (tertiary/aromatic N) is 4. The molecule has 140 valence electrons. The van der Waals surface area contributed by atoms with E-state index in [1.807, 2.05) is 36.6 Å². The van der Waals surface area contributed by atoms with Crippen molar-refractivity contribution in [2.24, 2.45) is 0 Å². The largest absolute Gasteiger partial charge is 0.459 e. The lowest BCUT2D eigenvalue weighted by Crippen LogP contribution is -2.50. The van der Waals surface area contributed by atoms with E-state index in [0.29, 0.717) is 44.1 Å². The van der Waals surface area contributed by atoms with Crippen LogP contribution in [0.1, 0.15) is 39.2 Å². The second kappa shape index (κ2) is 6.90. The molecule has 7 heteroatoms. The number of imidazole rings is 1. The van der Waals surface area contributed by atoms with E-state index in [-0.39, 0.29) is 11.8 Å². The van der Waals surface area contributed by atoms with Gasteiger partial charge in [0.15, 0.2) is 5.76 Å². The van der Waals surface area contributed by atoms with Crippen LogP contribution in [0.3, 0.4) is 0 Å². The number of carbonyl (C=O) groups excluding carboxylic acids is 2. The Balaban J connectivity index is 1.53. The lowest BCUT2D eigenvalue weighted by Gasteiger charge is -2.34. The van der Waals surface area contributed by atoms with Crippen LogP contribution in [0.4, 0.5) is 0 Å². The Morgan fingerprint density at radius 2 is 1.81 bits per heavy atom. The predicted octanol–water partition coefficient (Wildman–Crippen LogP) is 2.40. The van der Waals surface area contributed by atoms with E-state index in [0.717, 1.165) is 16.9 Å². The number of piperazine rings is 1. The first-order valence-corrected chi connectivity index (χ1v) is 9.18. The molecule has 1 fully saturated rings. The molecular weight excluding hydrogens is 344 g/mol. The van der Waals surface area contributed by atoms with Crippen LogP contribution < -0.4 is 0 Å². The van der Waals surface area contributed by atoms with Gasteiger partial charge in [-0.25, -0.2) is 4.98 Å². The van der Waals surface area contributed by atoms with Gasteiger partial charge in [-0.1, -0.05) is 6.92 Å². The van der Waals surface area contributed by atoms with E-state index in [4.69, 9.17) is 4.42 Å². The number of rotatable bonds is 3. The molecule has 27 heavy (non-hydrogen) atoms. The summed E-state index contributed by atoms with van der Waals surface area (Å²) in [5.74, 6) is 0.167. The van der Waals surface area contributed by atoms with Crippen LogP contribution in [0.2, 0.25) is 0 Å². The average molecular weight is 366 g/mol. The summed E-state index contributed by atoms with van der Waals surface area (Å²) in [6.07, 6.45) is 4.09. The highest BCUT2D eigenvalue weighted by Gasteiger charge is 2.29. The van der Waals surface area contributed by atoms with Crippen LogP contribution in [-0.2, 0) is 6.42 Å². The number of hydrogen-bond donors (Lipinski definition) is 0. The van der Waals surface area contributed by atoms with E-state index in [1.165, 1.54) is 6.26 Å². The number of furan rings is 1. The second-order valence-electron chi connectivity index (χ2n) is 6.75. The van der Waals surface area contributed by atoms with E-state index >= 15 is 0 Å². The fourth-order valence-corrected chi connectivity index (χ4v) is 3.49. The lowest BCUT2D eigenvalue weighted by atomic mass is 10.2. The fourth-order valence-electron chi connectivity index (χ4n) is 3.49. The van der Waals surface area contributed by atoms with Crippen molar-refractivity contribution in [3.05, 3.63) is 59.4 Å². The summed E-state index contributed by atoms with van der Waals surface area (Å²) in [7, 11) is 0. The van der Waals surface area contributed by atoms with Crippen LogP contribution >= 0.6 is 0 Å². The standard InChI is InChI=1S/C20H22N4O3/c1-3-15-18(24-7-6-14(2)13-17(24)21-15)20(26)23-10-8-22(9-11-23)19(25)16-5-4-12-27-16/h4-7,12-13H,3,8-11H2,1-2H3. The van der Waals surface area contributed by atoms with E-state index in [9.17, 15) is 9.59 Å². The first kappa shape index (κ1) is 17.3. The number of hydrogen-bond acceptors (Lipinski definition) is 4. The van der Waals surface area contributed by atoms with E-state index in [1.54, 1.807) is 21.9 Å². The first-order chi connectivity index (χ1) is 13.1. The number of amides is 2. The summed E-state index contributed by atoms with van der Waals surface area (Å²) >= 11 is 0. The van der Waals surface area contributed by atoms with Gasteiger partial charge < -0.3 is 14.2 Å². The molecule has 4 heterocycles. The summed E-state index contributed by atoms with van der Waals surface area (Å²) in [6, 6.07) is 7.32. The highest BCUT2D eigenvalue weighted by atomic mass is 16.3. The van der Waals surface area contributed by atoms with Gasteiger partial charge in [-0.3, -0.25) is 14.0 Å². The maximum atomic E-state index is 13.2. The molecule has 0 N–H and O–H groups in total. The lowest BCUT2D eigenvalue weighted by molar-refractivity contribution is 0.0514. The molecule has 4 rings (SSSR count). The Morgan fingerprint density at radius 1 is 1.11 bits per heavy atom. The number of fused-ring (bicyclic) bond motifs is 1. The molecule has 1 aliphatic rings. The van der Waals surface area contributed by atoms with Crippen LogP contribution in [-0.4, -0.2) is 57.2 Å². The minimum atomic E-state index is -0.133. The van der Waals surface area contributed by atoms with Crippen molar-refractivity contribution in [3.8, 4) is 0 Å². The molecule has 2 amide bonds. The molecule has 0 atom stereocenters. The topological polar surface area (TPSA) is 71.1 Å². The third kappa shape index (κ3) is 3.09. The van der Waals surface area contributed by atoms with Gasteiger partial charge in [0.1, 0.15) is 11.3 Å². The number of aromatic nitrogens is 2. The maximum absolute atomic E-state index is 13.2. The summed E-state index contributed by atoms with van der Waals surface area (Å²) < 4.78 is 7.06. The van der Waals surface area contributed by atoms with Crippen molar-refractivity contribution in [2.75, 3.05) is 26.2 Å². The van der Waals surface area contributed by atoms with E-state index < -0.39 is 0 Å². The molecule has 3 aromatic heterocycles. The van der Waals surface area contributed by atoms with E-state index in [2.05, 4.69) is 4.98 Å². The SMILES string of the molecule is CCc1nc2cc(C)ccn2c1C(=O)N1CCN(C(=O)c2ccco2)CC1. The van der Waals surface area contributed by atoms with Crippen molar-refractivity contribution in [1.82, 2.24) is 19.2 Å². The smallest absolute Gasteiger partial charge is 0.289 e. The molecule has 0 aromatic carbocycles. The Morgan fingerprint density at radius 3 is 2.44 bits per heavy atom. The normalized spacial score (nSPS) is 14.7. The molecule has 0 radical (unpaired) electrons. The summed E-state index contributed by atoms with van der Waals surface area (Å²) in [6.45, 7) is 5.98. The van der Waals surface area contributed by atoms with Gasteiger partial charge in [0, 0.05) is 32.4 Å². The Hall–Kier alpha value is -3.09. The summed E-state index contributed by atoms with van der Waals surface area (Å²) in [4.78, 5) is 33.7. The summed E-state index contributed by atoms with van der Waals surface area (Å²) in [5.41, 5.74) is 3.33. The molecule has 0 saturated carbocycles. The third-order valence-electron chi connectivity index (χ3n) is 4.98. The zero-order chi connectivity index (χ0) is 19.0. The molecule has 0 spiro atoms. The minimum Gasteiger partial charge on any atom is -0.459 e. The van der Waals surface area contributed by atoms with Crippen molar-refractivity contribution < 1.29 is 14.0 Å². The van der Waals surface area contributed by atoms with Crippen molar-refractivity contribution in [3.63, 3.8) is 0 Å². The number of aryl methyl sites for hydroxylation is 2. The van der Waals surface area contributed by atoms with Gasteiger partial charge in [0.2, 0.25) is 0 Å². The highest BCUT2D eigenvalue weighted by Crippen LogP contribution is 2.18. The Labute approximate surface area is 157 Å². The van der Waals surface area contributed by atoms with Gasteiger partial charge in [0.25, 0.3) is 11.8 Å². The van der Waals surface area contributed by atoms with Gasteiger partial charge >= 0.3 is 0 Å². The van der Waals surface area contributed by atoms with Gasteiger partial charge in [-0.15, -0.1) is 0 Å². The predicted molar refractivity (Wildman–Crippen MR) is 99.8 cm³/mol. The highest BCUT2D eigenvalue weighted by molar-refractivity contribution is 5.95. The minimum absolute atomic E-state index is 0.0340. The molecule has 1 saturated heterocycles. The molecule has 0 unspecified atom stereocenters. The Kier molecular flexibility index (Phi) is 4.43. The van der Waals surface area contributed by atoms with Crippen LogP contribution in [0.5, 0.6) is 0 Å². The Bertz CT molecular complexity index is 982. The second-order valence-corrected chi connectivity index (χ2v) is 6.75. The fraction of sp³-hybridized carbons (Fsp3) is 0.350. The zero-order valence-corrected chi connectivity index (χ0v) is 15.5. The molecule has 0 aliphatic carbocycles. The molecular formula is C20H22N4O3. The monoisotopic (exact) mass is 366 g/mol. The molecule has 0 bridgehead atoms. The van der Waals surface area contributed by atoms with Gasteiger partial charge in [-0.2, -0.15) is 0 Å². The zero-order valence-electron chi connectivity index (χ0n) is 15.5. The molecule has 3 aromatic rings. The van der Waals surface area contributed by atoms with Crippen molar-refractivity contribution >= 4 is 17.5 Å². The quantitative estimate of drug-likeness (QED) is 0.714. The van der Waals surface area contributed by atoms with Gasteiger partial charge in [0.05, 0.1) is 12.0 Å². The van der Waals surface area contributed by atoms with Crippen molar-refractivity contribution in [2.45, 2.75) is 20.3 Å². The maximum Gasteiger partial charge on any atom is 0.289 e. The van der Waals surface area contributed by atoms with Crippen LogP contribution in [0.25, 0.3) is 5.65 Å². The number of carbonyl (C=O) groups is 2. The van der Waals surface area contributed by atoms with Crippen molar-refractivity contribution in [1.29, 1.82) is 0 Å².